The fourth-order valence-corrected chi connectivity index (χ4v) is 6.34. The summed E-state index contributed by atoms with van der Waals surface area (Å²) in [6.45, 7) is 13.9. The van der Waals surface area contributed by atoms with Crippen molar-refractivity contribution in [3.8, 4) is 11.5 Å². The van der Waals surface area contributed by atoms with Crippen molar-refractivity contribution in [2.45, 2.75) is 72.6 Å². The van der Waals surface area contributed by atoms with E-state index in [1.807, 2.05) is 34.6 Å². The quantitative estimate of drug-likeness (QED) is 0.350. The molecule has 3 aromatic rings. The summed E-state index contributed by atoms with van der Waals surface area (Å²) in [6.07, 6.45) is 5.35. The Balaban J connectivity index is 0.00000165. The van der Waals surface area contributed by atoms with Crippen LogP contribution in [-0.4, -0.2) is 52.5 Å². The normalized spacial score (nSPS) is 16.8. The molecule has 1 saturated heterocycles. The summed E-state index contributed by atoms with van der Waals surface area (Å²) < 4.78 is 20.4. The van der Waals surface area contributed by atoms with E-state index in [0.29, 0.717) is 29.9 Å². The first-order chi connectivity index (χ1) is 19.9. The third-order valence-electron chi connectivity index (χ3n) is 8.24. The molecule has 0 bridgehead atoms. The molecule has 1 aromatic heterocycles. The summed E-state index contributed by atoms with van der Waals surface area (Å²) in [4.78, 5) is 25.8. The maximum absolute atomic E-state index is 14.2. The molecular weight excluding hydrogens is 519 g/mol. The summed E-state index contributed by atoms with van der Waals surface area (Å²) in [5.74, 6) is 0.699. The molecular formula is C32H41FN6O2. The van der Waals surface area contributed by atoms with Crippen LogP contribution in [0.5, 0.6) is 11.5 Å². The van der Waals surface area contributed by atoms with Gasteiger partial charge < -0.3 is 25.2 Å². The second-order valence-corrected chi connectivity index (χ2v) is 11.3. The van der Waals surface area contributed by atoms with E-state index in [9.17, 15) is 9.18 Å². The predicted molar refractivity (Wildman–Crippen MR) is 160 cm³/mol. The van der Waals surface area contributed by atoms with Crippen molar-refractivity contribution < 1.29 is 13.9 Å². The zero-order chi connectivity index (χ0) is 29.1. The molecule has 218 valence electrons. The Kier molecular flexibility index (Phi) is 8.45. The van der Waals surface area contributed by atoms with E-state index >= 15 is 0 Å². The number of hydrogen-bond acceptors (Lipinski definition) is 7. The van der Waals surface area contributed by atoms with Gasteiger partial charge in [0, 0.05) is 55.9 Å². The molecule has 1 spiro atoms. The minimum Gasteiger partial charge on any atom is -0.451 e. The van der Waals surface area contributed by atoms with Crippen LogP contribution in [0, 0.1) is 11.2 Å². The highest BCUT2D eigenvalue weighted by Crippen LogP contribution is 2.51. The summed E-state index contributed by atoms with van der Waals surface area (Å²) in [5, 5.41) is 7.21. The van der Waals surface area contributed by atoms with Gasteiger partial charge in [0.15, 0.2) is 11.6 Å². The zero-order valence-electron chi connectivity index (χ0n) is 24.7. The molecule has 0 unspecified atom stereocenters. The smallest absolute Gasteiger partial charge is 0.257 e. The van der Waals surface area contributed by atoms with Gasteiger partial charge in [-0.3, -0.25) is 4.79 Å². The first-order valence-electron chi connectivity index (χ1n) is 14.8. The average Bonchev–Trinajstić information content (AvgIpc) is 3.42. The van der Waals surface area contributed by atoms with Gasteiger partial charge in [-0.15, -0.1) is 0 Å². The number of anilines is 2. The van der Waals surface area contributed by atoms with E-state index in [0.717, 1.165) is 39.0 Å². The van der Waals surface area contributed by atoms with Crippen molar-refractivity contribution in [3.05, 3.63) is 71.4 Å². The number of aromatic nitrogens is 2. The van der Waals surface area contributed by atoms with Gasteiger partial charge in [0.1, 0.15) is 17.9 Å². The lowest BCUT2D eigenvalue weighted by Crippen LogP contribution is -2.65. The lowest BCUT2D eigenvalue weighted by molar-refractivity contribution is 0.0713. The first-order valence-corrected chi connectivity index (χ1v) is 14.8. The predicted octanol–water partition coefficient (Wildman–Crippen LogP) is 5.99. The molecule has 2 fully saturated rings. The van der Waals surface area contributed by atoms with Crippen molar-refractivity contribution in [1.82, 2.24) is 20.2 Å². The lowest BCUT2D eigenvalue weighted by atomic mass is 9.60. The van der Waals surface area contributed by atoms with E-state index in [1.54, 1.807) is 11.1 Å². The van der Waals surface area contributed by atoms with Crippen LogP contribution in [0.4, 0.5) is 15.9 Å². The van der Waals surface area contributed by atoms with Gasteiger partial charge in [0.05, 0.1) is 11.8 Å². The molecule has 41 heavy (non-hydrogen) atoms. The van der Waals surface area contributed by atoms with Crippen molar-refractivity contribution in [2.75, 3.05) is 29.9 Å². The van der Waals surface area contributed by atoms with Crippen LogP contribution >= 0.6 is 0 Å². The number of nitrogens with one attached hydrogen (secondary N) is 2. The highest BCUT2D eigenvalue weighted by Gasteiger charge is 2.53. The Morgan fingerprint density at radius 1 is 1.20 bits per heavy atom. The largest absolute Gasteiger partial charge is 0.451 e. The molecule has 0 atom stereocenters. The first kappa shape index (κ1) is 28.8. The third-order valence-corrected chi connectivity index (χ3v) is 8.24. The molecule has 3 aliphatic rings. The third kappa shape index (κ3) is 5.73. The second kappa shape index (κ2) is 12.0. The molecule has 6 rings (SSSR count). The second-order valence-electron chi connectivity index (χ2n) is 11.3. The highest BCUT2D eigenvalue weighted by molar-refractivity contribution is 5.97. The van der Waals surface area contributed by atoms with Gasteiger partial charge in [-0.2, -0.15) is 0 Å². The molecule has 3 heterocycles. The number of carbonyl (C=O) groups is 1. The Morgan fingerprint density at radius 2 is 1.98 bits per heavy atom. The zero-order valence-corrected chi connectivity index (χ0v) is 24.7. The number of carbonyl (C=O) groups excluding carboxylic acids is 1. The van der Waals surface area contributed by atoms with E-state index in [1.165, 1.54) is 41.3 Å². The van der Waals surface area contributed by atoms with Crippen molar-refractivity contribution in [3.63, 3.8) is 0 Å². The monoisotopic (exact) mass is 560 g/mol. The van der Waals surface area contributed by atoms with Crippen molar-refractivity contribution in [2.24, 2.45) is 5.41 Å². The fraction of sp³-hybridized carbons (Fsp3) is 0.469. The maximum Gasteiger partial charge on any atom is 0.257 e. The average molecular weight is 561 g/mol. The molecule has 1 aliphatic carbocycles. The fourth-order valence-electron chi connectivity index (χ4n) is 6.34. The Bertz CT molecular complexity index is 1380. The number of hydrogen-bond donors (Lipinski definition) is 2. The number of nitrogens with zero attached hydrogens (tertiary/aromatic N) is 4. The van der Waals surface area contributed by atoms with Crippen LogP contribution in [0.25, 0.3) is 0 Å². The van der Waals surface area contributed by atoms with E-state index in [4.69, 9.17) is 4.74 Å². The minimum absolute atomic E-state index is 0.0215. The Morgan fingerprint density at radius 3 is 2.71 bits per heavy atom. The van der Waals surface area contributed by atoms with Gasteiger partial charge >= 0.3 is 0 Å². The van der Waals surface area contributed by atoms with Gasteiger partial charge in [-0.25, -0.2) is 14.4 Å². The minimum atomic E-state index is -0.482. The van der Waals surface area contributed by atoms with Crippen molar-refractivity contribution in [1.29, 1.82) is 0 Å². The molecule has 9 heteroatoms. The number of amides is 1. The Labute approximate surface area is 242 Å². The molecule has 1 amide bonds. The van der Waals surface area contributed by atoms with E-state index in [2.05, 4.69) is 43.7 Å². The van der Waals surface area contributed by atoms with Crippen LogP contribution in [0.1, 0.15) is 68.9 Å². The maximum atomic E-state index is 14.2. The van der Waals surface area contributed by atoms with Gasteiger partial charge in [0.2, 0.25) is 0 Å². The number of fused-ring (bicyclic) bond motifs is 1. The summed E-state index contributed by atoms with van der Waals surface area (Å²) >= 11 is 0. The summed E-state index contributed by atoms with van der Waals surface area (Å²) in [5.41, 5.74) is 4.49. The molecule has 0 radical (unpaired) electrons. The van der Waals surface area contributed by atoms with Crippen LogP contribution in [0.15, 0.2) is 48.9 Å². The van der Waals surface area contributed by atoms with Crippen molar-refractivity contribution >= 4 is 17.4 Å². The molecule has 1 saturated carbocycles. The number of benzene rings is 2. The van der Waals surface area contributed by atoms with Crippen LogP contribution in [-0.2, 0) is 13.1 Å². The summed E-state index contributed by atoms with van der Waals surface area (Å²) in [6, 6.07) is 11.0. The lowest BCUT2D eigenvalue weighted by Gasteiger charge is -2.59. The van der Waals surface area contributed by atoms with Gasteiger partial charge in [-0.1, -0.05) is 26.0 Å². The summed E-state index contributed by atoms with van der Waals surface area (Å²) in [7, 11) is 0. The van der Waals surface area contributed by atoms with E-state index in [-0.39, 0.29) is 22.9 Å². The SMILES string of the molecule is CC.CCN(C(=O)c1cc(F)ccc1Oc1cncnc1N1CC2(CC(Nc3cccc4c3CNC4)C2)C1)C(C)C. The van der Waals surface area contributed by atoms with Gasteiger partial charge in [-0.05, 0) is 69.0 Å². The number of ether oxygens (including phenoxy) is 1. The standard InChI is InChI=1S/C30H35FN6O2.C2H6/c1-4-37(19(2)3)29(38)23-10-21(31)8-9-26(23)39-27-15-33-18-34-28(27)36-16-30(17-36)11-22(12-30)35-25-7-5-6-20-13-32-14-24(20)25;1-2/h5-10,15,18-19,22,32,35H,4,11-14,16-17H2,1-3H3;1-2H3. The molecule has 2 aliphatic heterocycles. The molecule has 2 N–H and O–H groups in total. The Hall–Kier alpha value is -3.72. The van der Waals surface area contributed by atoms with E-state index < -0.39 is 5.82 Å². The molecule has 2 aromatic carbocycles. The van der Waals surface area contributed by atoms with Gasteiger partial charge in [0.25, 0.3) is 5.91 Å². The van der Waals surface area contributed by atoms with Crippen LogP contribution in [0.3, 0.4) is 0 Å². The number of halogens is 1. The van der Waals surface area contributed by atoms with Crippen LogP contribution in [0.2, 0.25) is 0 Å². The molecule has 8 nitrogen and oxygen atoms in total. The topological polar surface area (TPSA) is 82.6 Å². The van der Waals surface area contributed by atoms with Crippen LogP contribution < -0.4 is 20.3 Å². The highest BCUT2D eigenvalue weighted by atomic mass is 19.1. The number of rotatable bonds is 8.